The van der Waals surface area contributed by atoms with Crippen LogP contribution in [0.5, 0.6) is 0 Å². The van der Waals surface area contributed by atoms with Gasteiger partial charge in [0.2, 0.25) is 5.91 Å². The summed E-state index contributed by atoms with van der Waals surface area (Å²) in [5, 5.41) is 5.93. The van der Waals surface area contributed by atoms with Gasteiger partial charge in [-0.25, -0.2) is 9.97 Å². The molecule has 1 saturated carbocycles. The van der Waals surface area contributed by atoms with Crippen molar-refractivity contribution in [2.24, 2.45) is 5.73 Å². The van der Waals surface area contributed by atoms with E-state index < -0.39 is 0 Å². The topological polar surface area (TPSA) is 92.9 Å². The van der Waals surface area contributed by atoms with Crippen LogP contribution >= 0.6 is 12.2 Å². The summed E-state index contributed by atoms with van der Waals surface area (Å²) in [5.41, 5.74) is 5.90. The number of anilines is 1. The summed E-state index contributed by atoms with van der Waals surface area (Å²) in [7, 11) is 0. The Labute approximate surface area is 110 Å². The van der Waals surface area contributed by atoms with Gasteiger partial charge in [0.15, 0.2) is 0 Å². The van der Waals surface area contributed by atoms with Gasteiger partial charge >= 0.3 is 0 Å². The number of nitrogens with two attached hydrogens (primary N) is 1. The van der Waals surface area contributed by atoms with Crippen LogP contribution in [0.15, 0.2) is 12.4 Å². The Morgan fingerprint density at radius 3 is 2.78 bits per heavy atom. The van der Waals surface area contributed by atoms with Crippen molar-refractivity contribution >= 4 is 28.9 Å². The highest BCUT2D eigenvalue weighted by Crippen LogP contribution is 2.18. The van der Waals surface area contributed by atoms with E-state index in [9.17, 15) is 4.79 Å². The Balaban J connectivity index is 1.72. The van der Waals surface area contributed by atoms with Gasteiger partial charge in [-0.15, -0.1) is 0 Å². The number of hydrogen-bond acceptors (Lipinski definition) is 5. The third-order valence-corrected chi connectivity index (χ3v) is 2.71. The van der Waals surface area contributed by atoms with Gasteiger partial charge in [-0.2, -0.15) is 0 Å². The van der Waals surface area contributed by atoms with E-state index in [0.29, 0.717) is 30.5 Å². The Kier molecular flexibility index (Phi) is 4.03. The molecule has 2 rings (SSSR count). The summed E-state index contributed by atoms with van der Waals surface area (Å²) in [6.07, 6.45) is 5.69. The Bertz CT molecular complexity index is 443. The predicted octanol–water partition coefficient (Wildman–Crippen LogP) is 0.191. The molecule has 1 heterocycles. The molecule has 0 aliphatic heterocycles. The molecule has 18 heavy (non-hydrogen) atoms. The van der Waals surface area contributed by atoms with Crippen LogP contribution in [0.2, 0.25) is 0 Å². The summed E-state index contributed by atoms with van der Waals surface area (Å²) >= 11 is 4.77. The van der Waals surface area contributed by atoms with E-state index in [1.165, 1.54) is 6.20 Å². The molecule has 1 aromatic rings. The zero-order valence-electron chi connectivity index (χ0n) is 9.85. The number of amides is 1. The molecule has 0 radical (unpaired) electrons. The molecule has 7 heteroatoms. The van der Waals surface area contributed by atoms with Crippen LogP contribution < -0.4 is 16.4 Å². The minimum atomic E-state index is 0.0673. The third kappa shape index (κ3) is 3.92. The smallest absolute Gasteiger partial charge is 0.221 e. The van der Waals surface area contributed by atoms with Crippen molar-refractivity contribution in [3.8, 4) is 0 Å². The second kappa shape index (κ2) is 5.72. The van der Waals surface area contributed by atoms with Gasteiger partial charge < -0.3 is 16.4 Å². The number of hydrogen-bond donors (Lipinski definition) is 3. The lowest BCUT2D eigenvalue weighted by atomic mass is 10.4. The third-order valence-electron chi connectivity index (χ3n) is 2.50. The minimum Gasteiger partial charge on any atom is -0.388 e. The first-order valence-electron chi connectivity index (χ1n) is 5.80. The molecule has 1 aliphatic carbocycles. The first kappa shape index (κ1) is 12.7. The van der Waals surface area contributed by atoms with Crippen LogP contribution in [0, 0.1) is 0 Å². The summed E-state index contributed by atoms with van der Waals surface area (Å²) in [6, 6.07) is 0.405. The zero-order chi connectivity index (χ0) is 13.0. The van der Waals surface area contributed by atoms with Gasteiger partial charge in [0.1, 0.15) is 16.5 Å². The monoisotopic (exact) mass is 265 g/mol. The number of rotatable bonds is 6. The van der Waals surface area contributed by atoms with Crippen molar-refractivity contribution in [1.82, 2.24) is 15.3 Å². The Hall–Kier alpha value is -1.76. The lowest BCUT2D eigenvalue weighted by molar-refractivity contribution is -0.120. The number of nitrogens with zero attached hydrogens (tertiary/aromatic N) is 2. The lowest BCUT2D eigenvalue weighted by Crippen LogP contribution is -2.27. The molecule has 1 amide bonds. The average molecular weight is 265 g/mol. The number of thiocarbonyl (C=S) groups is 1. The van der Waals surface area contributed by atoms with E-state index in [4.69, 9.17) is 18.0 Å². The molecular weight excluding hydrogens is 250 g/mol. The average Bonchev–Trinajstić information content (AvgIpc) is 3.13. The van der Waals surface area contributed by atoms with Crippen LogP contribution in [0.3, 0.4) is 0 Å². The molecule has 6 nitrogen and oxygen atoms in total. The van der Waals surface area contributed by atoms with Gasteiger partial charge in [0.05, 0.1) is 12.4 Å². The largest absolute Gasteiger partial charge is 0.388 e. The summed E-state index contributed by atoms with van der Waals surface area (Å²) in [5.74, 6) is 0.673. The minimum absolute atomic E-state index is 0.0673. The summed E-state index contributed by atoms with van der Waals surface area (Å²) < 4.78 is 0. The maximum atomic E-state index is 11.4. The molecule has 0 spiro atoms. The standard InChI is InChI=1S/C11H15N5OS/c12-11(18)8-5-15-9(6-14-8)13-4-3-10(17)16-7-1-2-7/h5-7H,1-4H2,(H2,12,18)(H,13,15)(H,16,17). The van der Waals surface area contributed by atoms with Gasteiger partial charge in [0.25, 0.3) is 0 Å². The normalized spacial score (nSPS) is 14.0. The van der Waals surface area contributed by atoms with Crippen molar-refractivity contribution in [1.29, 1.82) is 0 Å². The van der Waals surface area contributed by atoms with Gasteiger partial charge in [-0.1, -0.05) is 12.2 Å². The molecule has 0 unspecified atom stereocenters. The fourth-order valence-corrected chi connectivity index (χ4v) is 1.48. The van der Waals surface area contributed by atoms with Crippen molar-refractivity contribution in [2.45, 2.75) is 25.3 Å². The highest BCUT2D eigenvalue weighted by molar-refractivity contribution is 7.80. The van der Waals surface area contributed by atoms with Gasteiger partial charge in [0, 0.05) is 19.0 Å². The first-order chi connectivity index (χ1) is 8.65. The maximum Gasteiger partial charge on any atom is 0.221 e. The molecule has 0 atom stereocenters. The van der Waals surface area contributed by atoms with Crippen molar-refractivity contribution in [2.75, 3.05) is 11.9 Å². The molecule has 1 aliphatic rings. The Morgan fingerprint density at radius 2 is 2.22 bits per heavy atom. The van der Waals surface area contributed by atoms with Crippen LogP contribution in [0.25, 0.3) is 0 Å². The first-order valence-corrected chi connectivity index (χ1v) is 6.21. The van der Waals surface area contributed by atoms with E-state index in [1.807, 2.05) is 0 Å². The van der Waals surface area contributed by atoms with Crippen LogP contribution in [-0.2, 0) is 4.79 Å². The van der Waals surface area contributed by atoms with Crippen molar-refractivity contribution in [3.05, 3.63) is 18.1 Å². The molecule has 0 saturated heterocycles. The summed E-state index contributed by atoms with van der Waals surface area (Å²) in [6.45, 7) is 0.527. The molecule has 1 aromatic heterocycles. The van der Waals surface area contributed by atoms with Crippen molar-refractivity contribution < 1.29 is 4.79 Å². The van der Waals surface area contributed by atoms with E-state index >= 15 is 0 Å². The summed E-state index contributed by atoms with van der Waals surface area (Å²) in [4.78, 5) is 19.8. The van der Waals surface area contributed by atoms with Crippen LogP contribution in [0.4, 0.5) is 5.82 Å². The quantitative estimate of drug-likeness (QED) is 0.636. The highest BCUT2D eigenvalue weighted by Gasteiger charge is 2.22. The molecule has 0 bridgehead atoms. The van der Waals surface area contributed by atoms with Crippen LogP contribution in [-0.4, -0.2) is 33.5 Å². The number of nitrogens with one attached hydrogen (secondary N) is 2. The number of carbonyl (C=O) groups is 1. The molecule has 0 aromatic carbocycles. The van der Waals surface area contributed by atoms with Crippen molar-refractivity contribution in [3.63, 3.8) is 0 Å². The Morgan fingerprint density at radius 1 is 1.44 bits per heavy atom. The second-order valence-electron chi connectivity index (χ2n) is 4.17. The fraction of sp³-hybridized carbons (Fsp3) is 0.455. The molecule has 1 fully saturated rings. The molecule has 96 valence electrons. The van der Waals surface area contributed by atoms with E-state index in [2.05, 4.69) is 20.6 Å². The highest BCUT2D eigenvalue weighted by atomic mass is 32.1. The maximum absolute atomic E-state index is 11.4. The fourth-order valence-electron chi connectivity index (χ4n) is 1.38. The van der Waals surface area contributed by atoms with Crippen LogP contribution in [0.1, 0.15) is 25.0 Å². The zero-order valence-corrected chi connectivity index (χ0v) is 10.7. The molecule has 4 N–H and O–H groups in total. The lowest BCUT2D eigenvalue weighted by Gasteiger charge is -2.06. The van der Waals surface area contributed by atoms with E-state index in [-0.39, 0.29) is 10.9 Å². The van der Waals surface area contributed by atoms with E-state index in [1.54, 1.807) is 6.20 Å². The number of carbonyl (C=O) groups excluding carboxylic acids is 1. The number of aromatic nitrogens is 2. The SMILES string of the molecule is NC(=S)c1cnc(NCCC(=O)NC2CC2)cn1. The second-order valence-corrected chi connectivity index (χ2v) is 4.61. The van der Waals surface area contributed by atoms with E-state index in [0.717, 1.165) is 12.8 Å². The van der Waals surface area contributed by atoms with Gasteiger partial charge in [-0.3, -0.25) is 4.79 Å². The predicted molar refractivity (Wildman–Crippen MR) is 72.2 cm³/mol. The molecular formula is C11H15N5OS. The van der Waals surface area contributed by atoms with Gasteiger partial charge in [-0.05, 0) is 12.8 Å².